The monoisotopic (exact) mass is 487 g/mol. The molecule has 0 atom stereocenters. The van der Waals surface area contributed by atoms with Crippen LogP contribution < -0.4 is 16.0 Å². The van der Waals surface area contributed by atoms with E-state index in [-0.39, 0.29) is 54.0 Å². The van der Waals surface area contributed by atoms with Crippen molar-refractivity contribution in [2.24, 2.45) is 0 Å². The van der Waals surface area contributed by atoms with Crippen molar-refractivity contribution in [2.75, 3.05) is 23.8 Å². The zero-order valence-electron chi connectivity index (χ0n) is 18.4. The first kappa shape index (κ1) is 23.9. The van der Waals surface area contributed by atoms with Crippen molar-refractivity contribution in [1.29, 1.82) is 5.26 Å². The molecular formula is C22H25N5O6S. The van der Waals surface area contributed by atoms with Gasteiger partial charge in [-0.3, -0.25) is 9.63 Å². The molecule has 12 heteroatoms. The molecule has 1 amide bonds. The lowest BCUT2D eigenvalue weighted by atomic mass is 9.81. The molecule has 0 bridgehead atoms. The van der Waals surface area contributed by atoms with Crippen LogP contribution in [0.15, 0.2) is 24.3 Å². The number of nitrogens with two attached hydrogens (primary N) is 1. The van der Waals surface area contributed by atoms with E-state index in [1.807, 2.05) is 6.07 Å². The number of nitrogens with one attached hydrogen (secondary N) is 1. The molecule has 1 aromatic carbocycles. The summed E-state index contributed by atoms with van der Waals surface area (Å²) in [5, 5.41) is 19.3. The molecule has 1 aromatic heterocycles. The largest absolute Gasteiger partial charge is 0.474 e. The van der Waals surface area contributed by atoms with Gasteiger partial charge in [0, 0.05) is 5.56 Å². The minimum Gasteiger partial charge on any atom is -0.474 e. The number of hydrogen-bond acceptors (Lipinski definition) is 10. The molecule has 4 rings (SSSR count). The molecule has 1 aliphatic carbocycles. The molecule has 0 spiro atoms. The standard InChI is InChI=1S/C22H25N5O6S/c23-12-14-3-1-4-15(11-14)19-25-18(24)17(20(28)27-32-13-22(29)7-2-8-22)21(26-19)33-16-5-9-34(30,31)10-6-16/h1,3-4,11,16,29H,2,5-10,13H2,(H,27,28)(H2,24,25,26). The normalized spacial score (nSPS) is 18.9. The van der Waals surface area contributed by atoms with Gasteiger partial charge in [0.05, 0.1) is 28.7 Å². The molecule has 2 heterocycles. The molecule has 1 aliphatic heterocycles. The Morgan fingerprint density at radius 1 is 1.29 bits per heavy atom. The third-order valence-electron chi connectivity index (χ3n) is 5.95. The van der Waals surface area contributed by atoms with Crippen LogP contribution in [-0.2, 0) is 14.7 Å². The number of benzene rings is 1. The Bertz CT molecular complexity index is 1220. The molecule has 34 heavy (non-hydrogen) atoms. The number of aromatic nitrogens is 2. The Balaban J connectivity index is 1.61. The van der Waals surface area contributed by atoms with Crippen molar-refractivity contribution in [1.82, 2.24) is 15.4 Å². The number of nitrogens with zero attached hydrogens (tertiary/aromatic N) is 3. The first-order valence-corrected chi connectivity index (χ1v) is 12.7. The van der Waals surface area contributed by atoms with E-state index >= 15 is 0 Å². The highest BCUT2D eigenvalue weighted by atomic mass is 32.2. The summed E-state index contributed by atoms with van der Waals surface area (Å²) in [5.41, 5.74) is 8.14. The molecule has 11 nitrogen and oxygen atoms in total. The second kappa shape index (κ2) is 9.54. The molecule has 2 fully saturated rings. The van der Waals surface area contributed by atoms with Gasteiger partial charge in [-0.25, -0.2) is 18.9 Å². The Morgan fingerprint density at radius 2 is 2.03 bits per heavy atom. The third kappa shape index (κ3) is 5.44. The van der Waals surface area contributed by atoms with Gasteiger partial charge in [-0.2, -0.15) is 10.2 Å². The van der Waals surface area contributed by atoms with Gasteiger partial charge < -0.3 is 15.6 Å². The van der Waals surface area contributed by atoms with Crippen molar-refractivity contribution in [3.05, 3.63) is 35.4 Å². The number of sulfone groups is 1. The maximum atomic E-state index is 12.9. The number of ether oxygens (including phenoxy) is 1. The average molecular weight is 488 g/mol. The average Bonchev–Trinajstić information content (AvgIpc) is 2.79. The zero-order chi connectivity index (χ0) is 24.3. The summed E-state index contributed by atoms with van der Waals surface area (Å²) in [6.45, 7) is -0.0742. The minimum absolute atomic E-state index is 0.0292. The zero-order valence-corrected chi connectivity index (χ0v) is 19.2. The van der Waals surface area contributed by atoms with E-state index in [0.29, 0.717) is 24.0 Å². The lowest BCUT2D eigenvalue weighted by Crippen LogP contribution is -2.44. The van der Waals surface area contributed by atoms with Crippen LogP contribution in [0.4, 0.5) is 5.82 Å². The summed E-state index contributed by atoms with van der Waals surface area (Å²) in [6.07, 6.45) is 2.07. The molecule has 180 valence electrons. The quantitative estimate of drug-likeness (QED) is 0.480. The van der Waals surface area contributed by atoms with E-state index < -0.39 is 27.4 Å². The smallest absolute Gasteiger partial charge is 0.284 e. The predicted octanol–water partition coefficient (Wildman–Crippen LogP) is 1.13. The van der Waals surface area contributed by atoms with Crippen LogP contribution in [0, 0.1) is 11.3 Å². The van der Waals surface area contributed by atoms with Crippen LogP contribution >= 0.6 is 0 Å². The summed E-state index contributed by atoms with van der Waals surface area (Å²) in [4.78, 5) is 26.7. The number of hydroxylamine groups is 1. The van der Waals surface area contributed by atoms with Crippen molar-refractivity contribution >= 4 is 21.6 Å². The van der Waals surface area contributed by atoms with Crippen LogP contribution in [-0.4, -0.2) is 59.2 Å². The summed E-state index contributed by atoms with van der Waals surface area (Å²) in [6, 6.07) is 8.60. The highest BCUT2D eigenvalue weighted by molar-refractivity contribution is 7.91. The number of hydrogen-bond donors (Lipinski definition) is 3. The van der Waals surface area contributed by atoms with E-state index in [2.05, 4.69) is 15.4 Å². The summed E-state index contributed by atoms with van der Waals surface area (Å²) < 4.78 is 29.5. The molecule has 1 saturated heterocycles. The molecule has 2 aromatic rings. The summed E-state index contributed by atoms with van der Waals surface area (Å²) in [5.74, 6) is -0.950. The van der Waals surface area contributed by atoms with Gasteiger partial charge in [0.15, 0.2) is 15.7 Å². The van der Waals surface area contributed by atoms with Crippen LogP contribution in [0.2, 0.25) is 0 Å². The predicted molar refractivity (Wildman–Crippen MR) is 121 cm³/mol. The van der Waals surface area contributed by atoms with Crippen molar-refractivity contribution in [3.63, 3.8) is 0 Å². The fourth-order valence-corrected chi connectivity index (χ4v) is 5.22. The maximum Gasteiger partial charge on any atom is 0.284 e. The van der Waals surface area contributed by atoms with E-state index in [4.69, 9.17) is 15.3 Å². The number of amides is 1. The Hall–Kier alpha value is -3.27. The van der Waals surface area contributed by atoms with Gasteiger partial charge in [-0.15, -0.1) is 0 Å². The third-order valence-corrected chi connectivity index (χ3v) is 7.67. The van der Waals surface area contributed by atoms with E-state index in [9.17, 15) is 23.6 Å². The number of nitriles is 1. The topological polar surface area (TPSA) is 178 Å². The highest BCUT2D eigenvalue weighted by Crippen LogP contribution is 2.32. The summed E-state index contributed by atoms with van der Waals surface area (Å²) in [7, 11) is -3.12. The SMILES string of the molecule is N#Cc1cccc(-c2nc(N)c(C(=O)NOCC3(O)CCC3)c(OC3CCS(=O)(=O)CC3)n2)c1. The van der Waals surface area contributed by atoms with Gasteiger partial charge in [-0.05, 0) is 44.2 Å². The number of rotatable bonds is 7. The lowest BCUT2D eigenvalue weighted by Gasteiger charge is -2.35. The van der Waals surface area contributed by atoms with E-state index in [0.717, 1.165) is 6.42 Å². The first-order valence-electron chi connectivity index (χ1n) is 10.9. The first-order chi connectivity index (χ1) is 16.2. The van der Waals surface area contributed by atoms with Crippen LogP contribution in [0.3, 0.4) is 0 Å². The van der Waals surface area contributed by atoms with Crippen LogP contribution in [0.1, 0.15) is 48.0 Å². The molecular weight excluding hydrogens is 462 g/mol. The number of aliphatic hydroxyl groups is 1. The van der Waals surface area contributed by atoms with Gasteiger partial charge in [0.1, 0.15) is 24.1 Å². The van der Waals surface area contributed by atoms with E-state index in [1.54, 1.807) is 24.3 Å². The molecule has 1 saturated carbocycles. The van der Waals surface area contributed by atoms with E-state index in [1.165, 1.54) is 0 Å². The molecule has 4 N–H and O–H groups in total. The number of carbonyl (C=O) groups is 1. The van der Waals surface area contributed by atoms with Gasteiger partial charge in [0.25, 0.3) is 5.91 Å². The van der Waals surface area contributed by atoms with Crippen molar-refractivity contribution in [3.8, 4) is 23.3 Å². The molecule has 2 aliphatic rings. The van der Waals surface area contributed by atoms with Crippen molar-refractivity contribution in [2.45, 2.75) is 43.8 Å². The fraction of sp³-hybridized carbons (Fsp3) is 0.455. The van der Waals surface area contributed by atoms with Gasteiger partial charge in [0.2, 0.25) is 5.88 Å². The molecule has 0 unspecified atom stereocenters. The second-order valence-corrected chi connectivity index (χ2v) is 10.9. The number of anilines is 1. The number of carbonyl (C=O) groups excluding carboxylic acids is 1. The second-order valence-electron chi connectivity index (χ2n) is 8.57. The fourth-order valence-electron chi connectivity index (χ4n) is 3.77. The van der Waals surface area contributed by atoms with Crippen LogP contribution in [0.5, 0.6) is 5.88 Å². The van der Waals surface area contributed by atoms with Crippen molar-refractivity contribution < 1.29 is 27.9 Å². The van der Waals surface area contributed by atoms with Gasteiger partial charge in [-0.1, -0.05) is 12.1 Å². The molecule has 0 radical (unpaired) electrons. The van der Waals surface area contributed by atoms with Gasteiger partial charge >= 0.3 is 0 Å². The Kier molecular flexibility index (Phi) is 6.70. The summed E-state index contributed by atoms with van der Waals surface area (Å²) >= 11 is 0. The highest BCUT2D eigenvalue weighted by Gasteiger charge is 2.35. The minimum atomic E-state index is -3.12. The van der Waals surface area contributed by atoms with Crippen LogP contribution in [0.25, 0.3) is 11.4 Å². The number of nitrogen functional groups attached to an aromatic ring is 1. The lowest BCUT2D eigenvalue weighted by molar-refractivity contribution is -0.113. The Morgan fingerprint density at radius 3 is 2.68 bits per heavy atom. The Labute approximate surface area is 196 Å². The maximum absolute atomic E-state index is 12.9.